The summed E-state index contributed by atoms with van der Waals surface area (Å²) in [6.45, 7) is 6.99. The third-order valence-corrected chi connectivity index (χ3v) is 5.20. The van der Waals surface area contributed by atoms with E-state index in [9.17, 15) is 4.79 Å². The van der Waals surface area contributed by atoms with Gasteiger partial charge in [0, 0.05) is 32.9 Å². The van der Waals surface area contributed by atoms with Gasteiger partial charge in [0.1, 0.15) is 5.56 Å². The first kappa shape index (κ1) is 17.8. The summed E-state index contributed by atoms with van der Waals surface area (Å²) < 4.78 is 9.33. The van der Waals surface area contributed by atoms with E-state index in [1.807, 2.05) is 41.2 Å². The number of ether oxygens (including phenoxy) is 1. The van der Waals surface area contributed by atoms with Gasteiger partial charge in [0.15, 0.2) is 11.0 Å². The van der Waals surface area contributed by atoms with Crippen molar-refractivity contribution in [3.63, 3.8) is 0 Å². The lowest BCUT2D eigenvalue weighted by Crippen LogP contribution is -2.29. The van der Waals surface area contributed by atoms with E-state index in [1.165, 1.54) is 11.8 Å². The maximum atomic E-state index is 12.2. The molecule has 1 saturated heterocycles. The average molecular weight is 364 g/mol. The first-order chi connectivity index (χ1) is 12.1. The van der Waals surface area contributed by atoms with Crippen LogP contribution in [0.4, 0.5) is 0 Å². The Labute approximate surface area is 151 Å². The van der Waals surface area contributed by atoms with Crippen LogP contribution < -0.4 is 4.74 Å². The van der Waals surface area contributed by atoms with Gasteiger partial charge in [0.05, 0.1) is 12.4 Å². The number of amides is 1. The smallest absolute Gasteiger partial charge is 0.243 e. The van der Waals surface area contributed by atoms with Crippen LogP contribution in [-0.4, -0.2) is 60.8 Å². The molecule has 25 heavy (non-hydrogen) atoms. The van der Waals surface area contributed by atoms with Crippen LogP contribution in [0.1, 0.15) is 26.7 Å². The van der Waals surface area contributed by atoms with Crippen molar-refractivity contribution in [1.29, 1.82) is 0 Å². The number of nitrogens with zero attached hydrogens (tertiary/aromatic N) is 6. The largest absolute Gasteiger partial charge is 0.476 e. The fourth-order valence-corrected chi connectivity index (χ4v) is 3.64. The van der Waals surface area contributed by atoms with Gasteiger partial charge >= 0.3 is 0 Å². The summed E-state index contributed by atoms with van der Waals surface area (Å²) in [7, 11) is 1.90. The van der Waals surface area contributed by atoms with E-state index < -0.39 is 0 Å². The predicted molar refractivity (Wildman–Crippen MR) is 95.6 cm³/mol. The summed E-state index contributed by atoms with van der Waals surface area (Å²) in [5, 5.41) is 13.7. The summed E-state index contributed by atoms with van der Waals surface area (Å²) in [6.07, 6.45) is 4.12. The van der Waals surface area contributed by atoms with Crippen LogP contribution in [0.2, 0.25) is 0 Å². The molecular formula is C16H24N6O2S. The van der Waals surface area contributed by atoms with Gasteiger partial charge in [-0.1, -0.05) is 11.8 Å². The Bertz CT molecular complexity index is 735. The van der Waals surface area contributed by atoms with E-state index in [1.54, 1.807) is 0 Å². The molecule has 9 heteroatoms. The molecule has 0 spiro atoms. The monoisotopic (exact) mass is 364 g/mol. The van der Waals surface area contributed by atoms with Gasteiger partial charge in [-0.3, -0.25) is 9.48 Å². The molecule has 3 heterocycles. The molecule has 0 unspecified atom stereocenters. The van der Waals surface area contributed by atoms with E-state index in [2.05, 4.69) is 15.3 Å². The lowest BCUT2D eigenvalue weighted by molar-refractivity contribution is -0.127. The van der Waals surface area contributed by atoms with Gasteiger partial charge in [-0.15, -0.1) is 15.3 Å². The Morgan fingerprint density at radius 2 is 2.04 bits per heavy atom. The fraction of sp³-hybridized carbons (Fsp3) is 0.625. The highest BCUT2D eigenvalue weighted by Gasteiger charge is 2.21. The number of aryl methyl sites for hydroxylation is 1. The van der Waals surface area contributed by atoms with Gasteiger partial charge in [-0.05, 0) is 26.7 Å². The molecule has 3 rings (SSSR count). The third-order valence-electron chi connectivity index (χ3n) is 4.19. The molecule has 0 radical (unpaired) electrons. The minimum Gasteiger partial charge on any atom is -0.476 e. The van der Waals surface area contributed by atoms with Gasteiger partial charge in [-0.2, -0.15) is 0 Å². The fourth-order valence-electron chi connectivity index (χ4n) is 2.82. The maximum Gasteiger partial charge on any atom is 0.243 e. The van der Waals surface area contributed by atoms with Gasteiger partial charge in [-0.25, -0.2) is 0 Å². The van der Waals surface area contributed by atoms with Crippen molar-refractivity contribution in [2.24, 2.45) is 7.05 Å². The number of carbonyl (C=O) groups is 1. The first-order valence-electron chi connectivity index (χ1n) is 8.64. The van der Waals surface area contributed by atoms with Crippen LogP contribution in [0.25, 0.3) is 11.4 Å². The second-order valence-corrected chi connectivity index (χ2v) is 6.82. The van der Waals surface area contributed by atoms with Crippen molar-refractivity contribution in [2.75, 3.05) is 25.4 Å². The predicted octanol–water partition coefficient (Wildman–Crippen LogP) is 1.81. The summed E-state index contributed by atoms with van der Waals surface area (Å²) >= 11 is 1.42. The summed E-state index contributed by atoms with van der Waals surface area (Å²) in [5.41, 5.74) is 0.816. The molecule has 2 aromatic heterocycles. The highest BCUT2D eigenvalue weighted by molar-refractivity contribution is 7.99. The van der Waals surface area contributed by atoms with Crippen LogP contribution in [0, 0.1) is 0 Å². The molecule has 1 amide bonds. The zero-order valence-corrected chi connectivity index (χ0v) is 15.8. The van der Waals surface area contributed by atoms with Gasteiger partial charge in [0.2, 0.25) is 11.8 Å². The number of hydrogen-bond donors (Lipinski definition) is 0. The number of likely N-dealkylation sites (tertiary alicyclic amines) is 1. The van der Waals surface area contributed by atoms with Crippen LogP contribution in [0.15, 0.2) is 11.4 Å². The summed E-state index contributed by atoms with van der Waals surface area (Å²) in [6, 6.07) is 0. The molecule has 0 saturated carbocycles. The van der Waals surface area contributed by atoms with Gasteiger partial charge < -0.3 is 14.2 Å². The van der Waals surface area contributed by atoms with E-state index in [-0.39, 0.29) is 5.91 Å². The van der Waals surface area contributed by atoms with E-state index in [0.29, 0.717) is 29.2 Å². The number of carbonyl (C=O) groups excluding carboxylic acids is 1. The quantitative estimate of drug-likeness (QED) is 0.697. The molecule has 1 aliphatic rings. The molecule has 2 aromatic rings. The second kappa shape index (κ2) is 7.90. The highest BCUT2D eigenvalue weighted by Crippen LogP contribution is 2.29. The lowest BCUT2D eigenvalue weighted by atomic mass is 10.3. The maximum absolute atomic E-state index is 12.2. The standard InChI is InChI=1S/C16H24N6O2S/c1-4-22-10-12(15(19-22)24-5-2)14-17-18-16(20(14)3)25-11-13(23)21-8-6-7-9-21/h10H,4-9,11H2,1-3H3. The molecule has 1 aliphatic heterocycles. The van der Waals surface area contributed by atoms with E-state index >= 15 is 0 Å². The number of aromatic nitrogens is 5. The van der Waals surface area contributed by atoms with E-state index in [0.717, 1.165) is 38.0 Å². The zero-order valence-electron chi connectivity index (χ0n) is 14.9. The lowest BCUT2D eigenvalue weighted by Gasteiger charge is -2.14. The number of thioether (sulfide) groups is 1. The summed E-state index contributed by atoms with van der Waals surface area (Å²) in [5.74, 6) is 1.81. The SMILES string of the molecule is CCOc1nn(CC)cc1-c1nnc(SCC(=O)N2CCCC2)n1C. The van der Waals surface area contributed by atoms with Crippen LogP contribution in [-0.2, 0) is 18.4 Å². The molecule has 0 aliphatic carbocycles. The molecule has 8 nitrogen and oxygen atoms in total. The molecule has 136 valence electrons. The molecule has 0 N–H and O–H groups in total. The van der Waals surface area contributed by atoms with Crippen molar-refractivity contribution >= 4 is 17.7 Å². The Hall–Kier alpha value is -2.03. The minimum absolute atomic E-state index is 0.167. The normalized spacial score (nSPS) is 14.3. The van der Waals surface area contributed by atoms with Crippen molar-refractivity contribution in [3.05, 3.63) is 6.20 Å². The summed E-state index contributed by atoms with van der Waals surface area (Å²) in [4.78, 5) is 14.1. The highest BCUT2D eigenvalue weighted by atomic mass is 32.2. The van der Waals surface area contributed by atoms with Crippen LogP contribution in [0.5, 0.6) is 5.88 Å². The second-order valence-electron chi connectivity index (χ2n) is 5.88. The van der Waals surface area contributed by atoms with Crippen molar-refractivity contribution in [3.8, 4) is 17.3 Å². The van der Waals surface area contributed by atoms with Crippen molar-refractivity contribution < 1.29 is 9.53 Å². The minimum atomic E-state index is 0.167. The Morgan fingerprint density at radius 1 is 1.28 bits per heavy atom. The molecule has 0 bridgehead atoms. The van der Waals surface area contributed by atoms with Crippen LogP contribution >= 0.6 is 11.8 Å². The number of hydrogen-bond acceptors (Lipinski definition) is 6. The van der Waals surface area contributed by atoms with Crippen molar-refractivity contribution in [1.82, 2.24) is 29.4 Å². The molecule has 0 aromatic carbocycles. The Morgan fingerprint density at radius 3 is 2.72 bits per heavy atom. The Balaban J connectivity index is 1.74. The average Bonchev–Trinajstić information content (AvgIpc) is 3.33. The van der Waals surface area contributed by atoms with Crippen LogP contribution in [0.3, 0.4) is 0 Å². The third kappa shape index (κ3) is 3.81. The van der Waals surface area contributed by atoms with E-state index in [4.69, 9.17) is 4.74 Å². The molecular weight excluding hydrogens is 340 g/mol. The van der Waals surface area contributed by atoms with Crippen molar-refractivity contribution in [2.45, 2.75) is 38.4 Å². The number of rotatable bonds is 7. The zero-order chi connectivity index (χ0) is 17.8. The Kier molecular flexibility index (Phi) is 5.62. The molecule has 0 atom stereocenters. The topological polar surface area (TPSA) is 78.1 Å². The van der Waals surface area contributed by atoms with Gasteiger partial charge in [0.25, 0.3) is 0 Å². The molecule has 1 fully saturated rings. The first-order valence-corrected chi connectivity index (χ1v) is 9.63.